The summed E-state index contributed by atoms with van der Waals surface area (Å²) in [5.74, 6) is -0.229. The third-order valence-electron chi connectivity index (χ3n) is 1.94. The van der Waals surface area contributed by atoms with Crippen LogP contribution in [0.25, 0.3) is 0 Å². The van der Waals surface area contributed by atoms with Gasteiger partial charge in [0, 0.05) is 19.5 Å². The molecule has 1 aromatic heterocycles. The highest BCUT2D eigenvalue weighted by molar-refractivity contribution is 5.89. The minimum Gasteiger partial charge on any atom is -0.363 e. The van der Waals surface area contributed by atoms with Gasteiger partial charge in [-0.2, -0.15) is 0 Å². The highest BCUT2D eigenvalue weighted by Crippen LogP contribution is 2.09. The molecule has 0 aromatic carbocycles. The topological polar surface area (TPSA) is 83.8 Å². The lowest BCUT2D eigenvalue weighted by molar-refractivity contribution is 0.0991. The van der Waals surface area contributed by atoms with Gasteiger partial charge < -0.3 is 16.0 Å². The predicted molar refractivity (Wildman–Crippen MR) is 49.8 cm³/mol. The second-order valence-corrected chi connectivity index (χ2v) is 2.80. The summed E-state index contributed by atoms with van der Waals surface area (Å²) in [6.07, 6.45) is 0.860. The van der Waals surface area contributed by atoms with Crippen molar-refractivity contribution in [1.29, 1.82) is 0 Å². The van der Waals surface area contributed by atoms with Crippen LogP contribution in [-0.4, -0.2) is 22.4 Å². The molecule has 0 unspecified atom stereocenters. The van der Waals surface area contributed by atoms with Crippen molar-refractivity contribution in [2.45, 2.75) is 13.0 Å². The van der Waals surface area contributed by atoms with Crippen molar-refractivity contribution in [3.05, 3.63) is 17.2 Å². The molecule has 1 amide bonds. The van der Waals surface area contributed by atoms with Crippen molar-refractivity contribution in [2.24, 2.45) is 5.73 Å². The zero-order chi connectivity index (χ0) is 8.55. The lowest BCUT2D eigenvalue weighted by Gasteiger charge is -2.09. The van der Waals surface area contributed by atoms with Crippen molar-refractivity contribution in [1.82, 2.24) is 15.3 Å². The van der Waals surface area contributed by atoms with Crippen LogP contribution in [0.3, 0.4) is 0 Å². The number of carbonyl (C=O) groups is 1. The molecule has 0 atom stereocenters. The van der Waals surface area contributed by atoms with Crippen molar-refractivity contribution >= 4 is 18.3 Å². The van der Waals surface area contributed by atoms with Crippen LogP contribution in [0.4, 0.5) is 0 Å². The van der Waals surface area contributed by atoms with E-state index in [4.69, 9.17) is 5.73 Å². The number of primary amides is 1. The Bertz CT molecular complexity index is 299. The van der Waals surface area contributed by atoms with E-state index in [9.17, 15) is 4.79 Å². The first-order valence-electron chi connectivity index (χ1n) is 3.85. The van der Waals surface area contributed by atoms with Crippen molar-refractivity contribution in [3.8, 4) is 0 Å². The number of rotatable bonds is 1. The molecule has 0 spiro atoms. The van der Waals surface area contributed by atoms with Crippen LogP contribution in [0.1, 0.15) is 22.0 Å². The molecule has 1 aliphatic rings. The highest BCUT2D eigenvalue weighted by Gasteiger charge is 2.15. The number of fused-ring (bicyclic) bond motifs is 1. The van der Waals surface area contributed by atoms with Gasteiger partial charge in [-0.25, -0.2) is 4.98 Å². The Morgan fingerprint density at radius 3 is 2.92 bits per heavy atom. The average Bonchev–Trinajstić information content (AvgIpc) is 2.46. The third kappa shape index (κ3) is 1.81. The van der Waals surface area contributed by atoms with Gasteiger partial charge in [0.2, 0.25) is 0 Å². The SMILES string of the molecule is Cl.NC(=O)c1nc2c([nH]1)CNCC2. The maximum absolute atomic E-state index is 10.7. The first-order chi connectivity index (χ1) is 5.77. The number of carbonyl (C=O) groups excluding carboxylic acids is 1. The average molecular weight is 203 g/mol. The van der Waals surface area contributed by atoms with E-state index in [1.54, 1.807) is 0 Å². The molecule has 0 fully saturated rings. The van der Waals surface area contributed by atoms with Gasteiger partial charge in [-0.1, -0.05) is 0 Å². The fraction of sp³-hybridized carbons (Fsp3) is 0.429. The van der Waals surface area contributed by atoms with E-state index in [0.29, 0.717) is 0 Å². The third-order valence-corrected chi connectivity index (χ3v) is 1.94. The summed E-state index contributed by atoms with van der Waals surface area (Å²) in [6.45, 7) is 1.66. The van der Waals surface area contributed by atoms with Crippen LogP contribution in [0, 0.1) is 0 Å². The van der Waals surface area contributed by atoms with Crippen molar-refractivity contribution in [3.63, 3.8) is 0 Å². The molecule has 1 aromatic rings. The van der Waals surface area contributed by atoms with Crippen LogP contribution in [0.15, 0.2) is 0 Å². The standard InChI is InChI=1S/C7H10N4O.ClH/c8-6(12)7-10-4-1-2-9-3-5(4)11-7;/h9H,1-3H2,(H2,8,12)(H,10,11);1H. The minimum atomic E-state index is -0.496. The van der Waals surface area contributed by atoms with E-state index in [1.807, 2.05) is 0 Å². The summed E-state index contributed by atoms with van der Waals surface area (Å²) in [5, 5.41) is 3.17. The van der Waals surface area contributed by atoms with Crippen LogP contribution in [0.5, 0.6) is 0 Å². The molecule has 13 heavy (non-hydrogen) atoms. The maximum Gasteiger partial charge on any atom is 0.284 e. The van der Waals surface area contributed by atoms with Crippen LogP contribution in [0.2, 0.25) is 0 Å². The summed E-state index contributed by atoms with van der Waals surface area (Å²) in [7, 11) is 0. The molecule has 0 saturated heterocycles. The summed E-state index contributed by atoms with van der Waals surface area (Å²) in [5.41, 5.74) is 7.01. The second kappa shape index (κ2) is 3.76. The van der Waals surface area contributed by atoms with E-state index < -0.39 is 5.91 Å². The summed E-state index contributed by atoms with van der Waals surface area (Å²) in [4.78, 5) is 17.7. The molecule has 1 aliphatic heterocycles. The largest absolute Gasteiger partial charge is 0.363 e. The molecule has 2 rings (SSSR count). The molecule has 72 valence electrons. The number of imidazole rings is 1. The monoisotopic (exact) mass is 202 g/mol. The summed E-state index contributed by atoms with van der Waals surface area (Å²) >= 11 is 0. The molecule has 4 N–H and O–H groups in total. The molecule has 6 heteroatoms. The van der Waals surface area contributed by atoms with E-state index in [-0.39, 0.29) is 18.2 Å². The Balaban J connectivity index is 0.000000845. The van der Waals surface area contributed by atoms with Crippen LogP contribution < -0.4 is 11.1 Å². The zero-order valence-corrected chi connectivity index (χ0v) is 7.78. The summed E-state index contributed by atoms with van der Waals surface area (Å²) in [6, 6.07) is 0. The first-order valence-corrected chi connectivity index (χ1v) is 3.85. The predicted octanol–water partition coefficient (Wildman–Crippen LogP) is -0.424. The quantitative estimate of drug-likeness (QED) is 0.578. The number of nitrogens with one attached hydrogen (secondary N) is 2. The number of nitrogens with two attached hydrogens (primary N) is 1. The smallest absolute Gasteiger partial charge is 0.284 e. The molecule has 5 nitrogen and oxygen atoms in total. The first kappa shape index (κ1) is 10.0. The fourth-order valence-electron chi connectivity index (χ4n) is 1.34. The normalized spacial score (nSPS) is 14.5. The van der Waals surface area contributed by atoms with Crippen molar-refractivity contribution < 1.29 is 4.79 Å². The Labute approximate surface area is 81.5 Å². The lowest BCUT2D eigenvalue weighted by atomic mass is 10.2. The molecule has 0 saturated carbocycles. The zero-order valence-electron chi connectivity index (χ0n) is 6.96. The second-order valence-electron chi connectivity index (χ2n) is 2.80. The van der Waals surface area contributed by atoms with Crippen LogP contribution >= 0.6 is 12.4 Å². The van der Waals surface area contributed by atoms with Gasteiger partial charge in [0.25, 0.3) is 5.91 Å². The number of hydrogen-bond donors (Lipinski definition) is 3. The Morgan fingerprint density at radius 1 is 1.54 bits per heavy atom. The Morgan fingerprint density at radius 2 is 2.31 bits per heavy atom. The lowest BCUT2D eigenvalue weighted by Crippen LogP contribution is -2.23. The van der Waals surface area contributed by atoms with Gasteiger partial charge in [-0.3, -0.25) is 4.79 Å². The van der Waals surface area contributed by atoms with Gasteiger partial charge in [0.15, 0.2) is 5.82 Å². The number of hydrogen-bond acceptors (Lipinski definition) is 3. The number of halogens is 1. The number of aromatic amines is 1. The highest BCUT2D eigenvalue weighted by atomic mass is 35.5. The van der Waals surface area contributed by atoms with Crippen molar-refractivity contribution in [2.75, 3.05) is 6.54 Å². The number of amides is 1. The minimum absolute atomic E-state index is 0. The van der Waals surface area contributed by atoms with E-state index in [2.05, 4.69) is 15.3 Å². The molecular weight excluding hydrogens is 192 g/mol. The van der Waals surface area contributed by atoms with Gasteiger partial charge in [-0.05, 0) is 0 Å². The number of H-pyrrole nitrogens is 1. The number of aromatic nitrogens is 2. The Hall–Kier alpha value is -1.07. The van der Waals surface area contributed by atoms with Crippen LogP contribution in [-0.2, 0) is 13.0 Å². The van der Waals surface area contributed by atoms with E-state index in [1.165, 1.54) is 0 Å². The molecular formula is C7H11ClN4O. The van der Waals surface area contributed by atoms with E-state index in [0.717, 1.165) is 30.9 Å². The molecule has 0 bridgehead atoms. The number of nitrogens with zero attached hydrogens (tertiary/aromatic N) is 1. The van der Waals surface area contributed by atoms with Gasteiger partial charge in [0.1, 0.15) is 0 Å². The molecule has 0 aliphatic carbocycles. The van der Waals surface area contributed by atoms with E-state index >= 15 is 0 Å². The van der Waals surface area contributed by atoms with Gasteiger partial charge in [-0.15, -0.1) is 12.4 Å². The Kier molecular flexibility index (Phi) is 2.90. The van der Waals surface area contributed by atoms with Gasteiger partial charge in [0.05, 0.1) is 11.4 Å². The summed E-state index contributed by atoms with van der Waals surface area (Å²) < 4.78 is 0. The van der Waals surface area contributed by atoms with Gasteiger partial charge >= 0.3 is 0 Å². The molecule has 0 radical (unpaired) electrons. The fourth-order valence-corrected chi connectivity index (χ4v) is 1.34. The maximum atomic E-state index is 10.7. The molecule has 2 heterocycles.